The van der Waals surface area contributed by atoms with Crippen molar-refractivity contribution in [3.05, 3.63) is 0 Å². The van der Waals surface area contributed by atoms with Crippen LogP contribution in [0.2, 0.25) is 6.32 Å². The zero-order valence-corrected chi connectivity index (χ0v) is 15.6. The van der Waals surface area contributed by atoms with Crippen molar-refractivity contribution in [2.24, 2.45) is 0 Å². The van der Waals surface area contributed by atoms with Crippen molar-refractivity contribution < 1.29 is 0 Å². The standard InChI is InChI=1S/C16H35BP2/c1-5-12-18(13-6-2)16(10-9-11-17)19(14-7-3)15-8-4/h16H,5-15H2,1-4H3. The Kier molecular flexibility index (Phi) is 14.6. The van der Waals surface area contributed by atoms with Crippen molar-refractivity contribution >= 4 is 23.7 Å². The van der Waals surface area contributed by atoms with Crippen LogP contribution in [0.25, 0.3) is 0 Å². The van der Waals surface area contributed by atoms with E-state index < -0.39 is 0 Å². The van der Waals surface area contributed by atoms with E-state index in [2.05, 4.69) is 27.7 Å². The summed E-state index contributed by atoms with van der Waals surface area (Å²) in [5, 5.41) is 1.06. The van der Waals surface area contributed by atoms with E-state index in [1.165, 1.54) is 63.2 Å². The van der Waals surface area contributed by atoms with Crippen molar-refractivity contribution in [1.29, 1.82) is 0 Å². The summed E-state index contributed by atoms with van der Waals surface area (Å²) in [6.07, 6.45) is 15.1. The molecule has 0 aliphatic heterocycles. The maximum Gasteiger partial charge on any atom is 0.0653 e. The van der Waals surface area contributed by atoms with E-state index >= 15 is 0 Å². The minimum Gasteiger partial charge on any atom is -0.0991 e. The Morgan fingerprint density at radius 1 is 0.737 bits per heavy atom. The average Bonchev–Trinajstić information content (AvgIpc) is 2.40. The van der Waals surface area contributed by atoms with Gasteiger partial charge < -0.3 is 0 Å². The van der Waals surface area contributed by atoms with E-state index in [4.69, 9.17) is 7.85 Å². The predicted octanol–water partition coefficient (Wildman–Crippen LogP) is 6.28. The molecule has 0 aromatic rings. The molecule has 0 aromatic heterocycles. The van der Waals surface area contributed by atoms with Crippen LogP contribution in [-0.2, 0) is 0 Å². The van der Waals surface area contributed by atoms with E-state index in [0.29, 0.717) is 0 Å². The first-order valence-electron chi connectivity index (χ1n) is 8.43. The molecule has 2 radical (unpaired) electrons. The quantitative estimate of drug-likeness (QED) is 0.277. The molecular weight excluding hydrogens is 265 g/mol. The SMILES string of the molecule is [B]CCCC(P(CCC)CCC)P(CCC)CCC. The van der Waals surface area contributed by atoms with Gasteiger partial charge in [-0.25, -0.2) is 0 Å². The molecule has 0 saturated heterocycles. The first kappa shape index (κ1) is 19.9. The van der Waals surface area contributed by atoms with Crippen LogP contribution in [0.15, 0.2) is 0 Å². The van der Waals surface area contributed by atoms with Crippen LogP contribution < -0.4 is 0 Å². The van der Waals surface area contributed by atoms with Crippen LogP contribution in [0.3, 0.4) is 0 Å². The molecule has 0 rings (SSSR count). The molecule has 0 atom stereocenters. The van der Waals surface area contributed by atoms with Gasteiger partial charge in [-0.15, -0.1) is 0 Å². The Hall–Kier alpha value is 0.925. The van der Waals surface area contributed by atoms with Gasteiger partial charge in [0.2, 0.25) is 0 Å². The first-order valence-corrected chi connectivity index (χ1v) is 12.0. The molecule has 0 bridgehead atoms. The molecule has 0 amide bonds. The highest BCUT2D eigenvalue weighted by molar-refractivity contribution is 7.75. The highest BCUT2D eigenvalue weighted by Gasteiger charge is 2.26. The van der Waals surface area contributed by atoms with Crippen LogP contribution in [-0.4, -0.2) is 37.9 Å². The van der Waals surface area contributed by atoms with Crippen LogP contribution >= 0.6 is 15.8 Å². The smallest absolute Gasteiger partial charge is 0.0653 e. The third-order valence-corrected chi connectivity index (χ3v) is 11.8. The molecule has 0 N–H and O–H groups in total. The normalized spacial score (nSPS) is 11.9. The molecule has 0 aromatic carbocycles. The molecular formula is C16H35BP2. The first-order chi connectivity index (χ1) is 9.24. The summed E-state index contributed by atoms with van der Waals surface area (Å²) < 4.78 is 0. The van der Waals surface area contributed by atoms with Gasteiger partial charge in [0.15, 0.2) is 0 Å². The molecule has 0 aliphatic rings. The topological polar surface area (TPSA) is 0 Å². The molecule has 112 valence electrons. The monoisotopic (exact) mass is 300 g/mol. The Morgan fingerprint density at radius 2 is 1.11 bits per heavy atom. The summed E-state index contributed by atoms with van der Waals surface area (Å²) in [5.41, 5.74) is 0. The molecule has 0 unspecified atom stereocenters. The van der Waals surface area contributed by atoms with Gasteiger partial charge in [0, 0.05) is 0 Å². The molecule has 19 heavy (non-hydrogen) atoms. The molecule has 0 fully saturated rings. The number of hydrogen-bond acceptors (Lipinski definition) is 0. The van der Waals surface area contributed by atoms with Crippen molar-refractivity contribution in [1.82, 2.24) is 0 Å². The summed E-state index contributed by atoms with van der Waals surface area (Å²) >= 11 is 0. The van der Waals surface area contributed by atoms with Gasteiger partial charge >= 0.3 is 0 Å². The maximum atomic E-state index is 5.79. The van der Waals surface area contributed by atoms with Gasteiger partial charge in [0.1, 0.15) is 0 Å². The highest BCUT2D eigenvalue weighted by atomic mass is 31.2. The highest BCUT2D eigenvalue weighted by Crippen LogP contribution is 2.61. The lowest BCUT2D eigenvalue weighted by Gasteiger charge is -2.35. The van der Waals surface area contributed by atoms with Crippen molar-refractivity contribution in [3.63, 3.8) is 0 Å². The fraction of sp³-hybridized carbons (Fsp3) is 1.00. The molecule has 0 spiro atoms. The largest absolute Gasteiger partial charge is 0.0991 e. The van der Waals surface area contributed by atoms with Gasteiger partial charge in [-0.05, 0) is 36.5 Å². The second kappa shape index (κ2) is 13.9. The third-order valence-electron chi connectivity index (χ3n) is 3.55. The molecule has 0 saturated carbocycles. The van der Waals surface area contributed by atoms with Crippen LogP contribution in [0.1, 0.15) is 66.2 Å². The third kappa shape index (κ3) is 8.73. The maximum absolute atomic E-state index is 5.79. The molecule has 3 heteroatoms. The van der Waals surface area contributed by atoms with Gasteiger partial charge in [-0.3, -0.25) is 0 Å². The molecule has 0 nitrogen and oxygen atoms in total. The summed E-state index contributed by atoms with van der Waals surface area (Å²) in [7, 11) is 6.34. The second-order valence-electron chi connectivity index (χ2n) is 5.48. The van der Waals surface area contributed by atoms with Crippen LogP contribution in [0.4, 0.5) is 0 Å². The number of rotatable bonds is 13. The zero-order chi connectivity index (χ0) is 14.5. The minimum absolute atomic E-state index is 0.275. The summed E-state index contributed by atoms with van der Waals surface area (Å²) in [5.74, 6) is 0. The van der Waals surface area contributed by atoms with E-state index in [1.807, 2.05) is 0 Å². The summed E-state index contributed by atoms with van der Waals surface area (Å²) in [6, 6.07) is 0. The molecule has 0 aliphatic carbocycles. The lowest BCUT2D eigenvalue weighted by atomic mass is 10.0. The molecule has 0 heterocycles. The zero-order valence-electron chi connectivity index (χ0n) is 13.8. The number of hydrogen-bond donors (Lipinski definition) is 0. The second-order valence-corrected chi connectivity index (χ2v) is 11.3. The van der Waals surface area contributed by atoms with E-state index in [0.717, 1.165) is 11.7 Å². The fourth-order valence-corrected chi connectivity index (χ4v) is 11.1. The van der Waals surface area contributed by atoms with Gasteiger partial charge in [0.05, 0.1) is 7.85 Å². The van der Waals surface area contributed by atoms with Crippen LogP contribution in [0, 0.1) is 0 Å². The predicted molar refractivity (Wildman–Crippen MR) is 98.1 cm³/mol. The fourth-order valence-electron chi connectivity index (χ4n) is 2.87. The van der Waals surface area contributed by atoms with Gasteiger partial charge in [0.25, 0.3) is 0 Å². The van der Waals surface area contributed by atoms with Gasteiger partial charge in [-0.2, -0.15) is 0 Å². The van der Waals surface area contributed by atoms with Crippen LogP contribution in [0.5, 0.6) is 0 Å². The minimum atomic E-state index is 0.275. The van der Waals surface area contributed by atoms with E-state index in [9.17, 15) is 0 Å². The lowest BCUT2D eigenvalue weighted by Crippen LogP contribution is -2.12. The van der Waals surface area contributed by atoms with Crippen molar-refractivity contribution in [3.8, 4) is 0 Å². The Labute approximate surface area is 126 Å². The average molecular weight is 300 g/mol. The lowest BCUT2D eigenvalue weighted by molar-refractivity contribution is 0.841. The van der Waals surface area contributed by atoms with E-state index in [-0.39, 0.29) is 15.8 Å². The van der Waals surface area contributed by atoms with E-state index in [1.54, 1.807) is 0 Å². The summed E-state index contributed by atoms with van der Waals surface area (Å²) in [6.45, 7) is 9.47. The Bertz CT molecular complexity index is 160. The van der Waals surface area contributed by atoms with Crippen molar-refractivity contribution in [2.75, 3.05) is 24.6 Å². The van der Waals surface area contributed by atoms with Crippen molar-refractivity contribution in [2.45, 2.75) is 77.9 Å². The Balaban J connectivity index is 4.76. The van der Waals surface area contributed by atoms with Gasteiger partial charge in [-0.1, -0.05) is 82.0 Å². The summed E-state index contributed by atoms with van der Waals surface area (Å²) in [4.78, 5) is 0. The Morgan fingerprint density at radius 3 is 1.37 bits per heavy atom.